The average Bonchev–Trinajstić information content (AvgIpc) is 2.81. The molecule has 194 valence electrons. The van der Waals surface area contributed by atoms with Crippen LogP contribution in [-0.2, 0) is 34.3 Å². The fraction of sp³-hybridized carbons (Fsp3) is 0.400. The molecule has 0 aliphatic carbocycles. The first kappa shape index (κ1) is 30.7. The number of thioether (sulfide) groups is 1. The van der Waals surface area contributed by atoms with Crippen molar-refractivity contribution in [2.45, 2.75) is 31.3 Å². The molecule has 14 nitrogen and oxygen atoms in total. The third-order valence-electron chi connectivity index (χ3n) is 5.42. The summed E-state index contributed by atoms with van der Waals surface area (Å²) in [6.07, 6.45) is 0. The monoisotopic (exact) mass is 563 g/mol. The van der Waals surface area contributed by atoms with Crippen LogP contribution in [0.5, 0.6) is 0 Å². The van der Waals surface area contributed by atoms with Crippen LogP contribution in [0.1, 0.15) is 25.5 Å². The van der Waals surface area contributed by atoms with E-state index in [-0.39, 0.29) is 59.1 Å². The Morgan fingerprint density at radius 3 is 2.27 bits per heavy atom. The van der Waals surface area contributed by atoms with Gasteiger partial charge in [-0.3, -0.25) is 28.9 Å². The molecule has 2 N–H and O–H groups in total. The van der Waals surface area contributed by atoms with E-state index >= 15 is 0 Å². The zero-order valence-electron chi connectivity index (χ0n) is 20.1. The summed E-state index contributed by atoms with van der Waals surface area (Å²) < 4.78 is 34.2. The Morgan fingerprint density at radius 1 is 1.11 bits per heavy atom. The molecule has 2 saturated heterocycles. The molecule has 3 rings (SSSR count). The summed E-state index contributed by atoms with van der Waals surface area (Å²) in [7, 11) is -5.24. The second-order valence-electron chi connectivity index (χ2n) is 7.71. The van der Waals surface area contributed by atoms with Crippen molar-refractivity contribution in [3.8, 4) is 0 Å². The maximum Gasteiger partial charge on any atom is 1.00 e. The Labute approximate surface area is 238 Å². The van der Waals surface area contributed by atoms with Gasteiger partial charge in [0.1, 0.15) is 17.5 Å². The maximum absolute atomic E-state index is 13.1. The van der Waals surface area contributed by atoms with Crippen LogP contribution >= 0.6 is 11.8 Å². The third kappa shape index (κ3) is 6.69. The number of rotatable bonds is 7. The van der Waals surface area contributed by atoms with Crippen molar-refractivity contribution in [3.63, 3.8) is 0 Å². The number of nitrogens with zero attached hydrogens (tertiary/aromatic N) is 3. The minimum atomic E-state index is -5.24. The van der Waals surface area contributed by atoms with E-state index in [4.69, 9.17) is 0 Å². The molecule has 0 spiro atoms. The number of carbonyl (C=O) groups excluding carboxylic acids is 6. The summed E-state index contributed by atoms with van der Waals surface area (Å²) >= 11 is 0.367. The molecule has 6 amide bonds. The predicted octanol–water partition coefficient (Wildman–Crippen LogP) is -4.47. The SMILES string of the molecule is CCN1CCN(C(=O)N[C@@H](C(=O)N[C@@H]2C(=O)N(S(=O)(=O)[O-])[C@H]2SC(C)=O)c2ccccc2)C(=O)C1=O.[Na+]. The first-order chi connectivity index (χ1) is 16.9. The minimum Gasteiger partial charge on any atom is -0.731 e. The number of urea groups is 1. The number of β-lactam (4-membered cyclic amide) rings is 1. The fourth-order valence-corrected chi connectivity index (χ4v) is 5.66. The Bertz CT molecular complexity index is 1210. The zero-order chi connectivity index (χ0) is 26.8. The minimum absolute atomic E-state index is 0. The number of piperazine rings is 1. The molecule has 1 aromatic rings. The molecule has 17 heteroatoms. The van der Waals surface area contributed by atoms with Crippen molar-refractivity contribution in [2.75, 3.05) is 19.6 Å². The van der Waals surface area contributed by atoms with Gasteiger partial charge < -0.3 is 20.1 Å². The van der Waals surface area contributed by atoms with Crippen molar-refractivity contribution in [3.05, 3.63) is 35.9 Å². The van der Waals surface area contributed by atoms with E-state index in [0.29, 0.717) is 16.7 Å². The van der Waals surface area contributed by atoms with Crippen molar-refractivity contribution in [1.82, 2.24) is 24.7 Å². The van der Waals surface area contributed by atoms with Gasteiger partial charge in [0.15, 0.2) is 15.4 Å². The Kier molecular flexibility index (Phi) is 10.3. The molecular weight excluding hydrogens is 541 g/mol. The first-order valence-electron chi connectivity index (χ1n) is 10.6. The number of benzene rings is 1. The Morgan fingerprint density at radius 2 is 1.73 bits per heavy atom. The van der Waals surface area contributed by atoms with Gasteiger partial charge in [-0.2, -0.15) is 0 Å². The molecule has 1 aromatic carbocycles. The van der Waals surface area contributed by atoms with Crippen LogP contribution in [0.3, 0.4) is 0 Å². The van der Waals surface area contributed by atoms with Crippen LogP contribution in [0.4, 0.5) is 4.79 Å². The normalized spacial score (nSPS) is 20.5. The Hall–Kier alpha value is -2.50. The van der Waals surface area contributed by atoms with Crippen LogP contribution in [0.2, 0.25) is 0 Å². The van der Waals surface area contributed by atoms with Crippen molar-refractivity contribution in [1.29, 1.82) is 0 Å². The number of carbonyl (C=O) groups is 6. The van der Waals surface area contributed by atoms with Gasteiger partial charge >= 0.3 is 47.4 Å². The summed E-state index contributed by atoms with van der Waals surface area (Å²) in [6.45, 7) is 3.04. The van der Waals surface area contributed by atoms with Crippen LogP contribution < -0.4 is 40.2 Å². The number of nitrogens with one attached hydrogen (secondary N) is 2. The van der Waals surface area contributed by atoms with Gasteiger partial charge in [0.05, 0.1) is 0 Å². The number of amides is 6. The van der Waals surface area contributed by atoms with Crippen LogP contribution in [0.25, 0.3) is 0 Å². The predicted molar refractivity (Wildman–Crippen MR) is 122 cm³/mol. The first-order valence-corrected chi connectivity index (χ1v) is 12.8. The molecule has 0 aromatic heterocycles. The molecule has 37 heavy (non-hydrogen) atoms. The van der Waals surface area contributed by atoms with Gasteiger partial charge in [0.25, 0.3) is 5.91 Å². The zero-order valence-corrected chi connectivity index (χ0v) is 23.7. The summed E-state index contributed by atoms with van der Waals surface area (Å²) in [5.41, 5.74) is 0.241. The average molecular weight is 564 g/mol. The van der Waals surface area contributed by atoms with E-state index < -0.39 is 62.5 Å². The summed E-state index contributed by atoms with van der Waals surface area (Å²) in [4.78, 5) is 76.3. The third-order valence-corrected chi connectivity index (χ3v) is 7.50. The summed E-state index contributed by atoms with van der Waals surface area (Å²) in [5.74, 6) is -4.17. The fourth-order valence-electron chi connectivity index (χ4n) is 3.65. The molecule has 3 atom stereocenters. The Balaban J connectivity index is 0.00000481. The van der Waals surface area contributed by atoms with E-state index in [1.165, 1.54) is 17.0 Å². The second-order valence-corrected chi connectivity index (χ2v) is 10.3. The molecule has 0 unspecified atom stereocenters. The van der Waals surface area contributed by atoms with Crippen molar-refractivity contribution < 1.29 is 71.3 Å². The largest absolute Gasteiger partial charge is 1.00 e. The maximum atomic E-state index is 13.1. The molecular formula is C20H22N5NaO9S2. The molecule has 2 aliphatic heterocycles. The molecule has 0 radical (unpaired) electrons. The van der Waals surface area contributed by atoms with Crippen molar-refractivity contribution in [2.24, 2.45) is 0 Å². The second kappa shape index (κ2) is 12.4. The van der Waals surface area contributed by atoms with Crippen LogP contribution in [-0.4, -0.2) is 92.9 Å². The van der Waals surface area contributed by atoms with E-state index in [2.05, 4.69) is 10.6 Å². The molecule has 0 bridgehead atoms. The molecule has 2 aliphatic rings. The summed E-state index contributed by atoms with van der Waals surface area (Å²) in [5, 5.41) is 2.51. The number of hydrogen-bond acceptors (Lipinski definition) is 10. The van der Waals surface area contributed by atoms with Crippen LogP contribution in [0, 0.1) is 0 Å². The van der Waals surface area contributed by atoms with E-state index in [1.807, 2.05) is 0 Å². The van der Waals surface area contributed by atoms with Crippen LogP contribution in [0.15, 0.2) is 30.3 Å². The number of imide groups is 1. The molecule has 2 heterocycles. The van der Waals surface area contributed by atoms with E-state index in [0.717, 1.165) is 6.92 Å². The van der Waals surface area contributed by atoms with Gasteiger partial charge in [-0.05, 0) is 12.5 Å². The number of likely N-dealkylation sites (N-methyl/N-ethyl adjacent to an activating group) is 1. The molecule has 2 fully saturated rings. The van der Waals surface area contributed by atoms with Gasteiger partial charge in [-0.25, -0.2) is 17.5 Å². The van der Waals surface area contributed by atoms with Gasteiger partial charge in [0.2, 0.25) is 5.91 Å². The summed E-state index contributed by atoms with van der Waals surface area (Å²) in [6, 6.07) is 3.66. The quantitative estimate of drug-likeness (QED) is 0.141. The topological polar surface area (TPSA) is 193 Å². The number of hydrogen-bond donors (Lipinski definition) is 2. The van der Waals surface area contributed by atoms with E-state index in [1.54, 1.807) is 25.1 Å². The van der Waals surface area contributed by atoms with Crippen molar-refractivity contribution >= 4 is 56.8 Å². The van der Waals surface area contributed by atoms with E-state index in [9.17, 15) is 41.7 Å². The van der Waals surface area contributed by atoms with Gasteiger partial charge in [0, 0.05) is 26.6 Å². The smallest absolute Gasteiger partial charge is 0.731 e. The van der Waals surface area contributed by atoms with Gasteiger partial charge in [-0.15, -0.1) is 0 Å². The van der Waals surface area contributed by atoms with Gasteiger partial charge in [-0.1, -0.05) is 42.1 Å². The molecule has 0 saturated carbocycles. The standard InChI is InChI=1S/C20H23N5O9S2.Na/c1-3-23-9-10-24(18(30)17(23)29)20(31)22-13(12-7-5-4-6-8-12)15(27)21-14-16(28)25(36(32,33)34)19(14)35-11(2)26;/h4-8,13-14,19H,3,9-10H2,1-2H3,(H,21,27)(H,22,31)(H,32,33,34);/q;+1/p-1/t13-,14-,19+;/m1./s1.